The van der Waals surface area contributed by atoms with Gasteiger partial charge in [-0.2, -0.15) is 0 Å². The first-order chi connectivity index (χ1) is 11.1. The zero-order valence-electron chi connectivity index (χ0n) is 14.3. The molecule has 0 unspecified atom stereocenters. The molecule has 0 bridgehead atoms. The molecule has 4 nitrogen and oxygen atoms in total. The van der Waals surface area contributed by atoms with Gasteiger partial charge in [0.05, 0.1) is 6.54 Å². The van der Waals surface area contributed by atoms with Crippen LogP contribution >= 0.6 is 0 Å². The number of likely N-dealkylation sites (N-methyl/N-ethyl adjacent to an activating group) is 1. The van der Waals surface area contributed by atoms with E-state index in [9.17, 15) is 8.78 Å². The van der Waals surface area contributed by atoms with Crippen molar-refractivity contribution in [3.8, 4) is 0 Å². The van der Waals surface area contributed by atoms with Gasteiger partial charge in [0.1, 0.15) is 11.6 Å². The molecule has 0 aliphatic heterocycles. The molecule has 0 heterocycles. The monoisotopic (exact) mass is 326 g/mol. The molecule has 0 saturated carbocycles. The number of benzene rings is 1. The predicted molar refractivity (Wildman–Crippen MR) is 91.6 cm³/mol. The smallest absolute Gasteiger partial charge is 0.191 e. The Balaban J connectivity index is 2.51. The highest BCUT2D eigenvalue weighted by Crippen LogP contribution is 2.10. The van der Waals surface area contributed by atoms with Gasteiger partial charge in [-0.15, -0.1) is 0 Å². The SMILES string of the molecule is CCCCN(C)CCNC(=NCc1cc(F)ccc1F)NCC. The third-order valence-corrected chi connectivity index (χ3v) is 3.44. The van der Waals surface area contributed by atoms with Crippen LogP contribution in [0, 0.1) is 11.6 Å². The molecule has 0 amide bonds. The first-order valence-electron chi connectivity index (χ1n) is 8.21. The fourth-order valence-corrected chi connectivity index (χ4v) is 2.08. The molecule has 0 aliphatic carbocycles. The number of aliphatic imine (C=N–C) groups is 1. The quantitative estimate of drug-likeness (QED) is 0.541. The van der Waals surface area contributed by atoms with Gasteiger partial charge in [-0.1, -0.05) is 13.3 Å². The van der Waals surface area contributed by atoms with Gasteiger partial charge >= 0.3 is 0 Å². The number of unbranched alkanes of at least 4 members (excludes halogenated alkanes) is 1. The van der Waals surface area contributed by atoms with Gasteiger partial charge in [0.2, 0.25) is 0 Å². The number of rotatable bonds is 9. The highest BCUT2D eigenvalue weighted by atomic mass is 19.1. The van der Waals surface area contributed by atoms with E-state index >= 15 is 0 Å². The van der Waals surface area contributed by atoms with Crippen molar-refractivity contribution in [2.45, 2.75) is 33.2 Å². The lowest BCUT2D eigenvalue weighted by Crippen LogP contribution is -2.41. The van der Waals surface area contributed by atoms with E-state index in [4.69, 9.17) is 0 Å². The van der Waals surface area contributed by atoms with Crippen molar-refractivity contribution < 1.29 is 8.78 Å². The maximum atomic E-state index is 13.6. The number of guanidine groups is 1. The number of hydrogen-bond acceptors (Lipinski definition) is 2. The maximum Gasteiger partial charge on any atom is 0.191 e. The molecule has 0 spiro atoms. The van der Waals surface area contributed by atoms with Crippen LogP contribution in [0.15, 0.2) is 23.2 Å². The third kappa shape index (κ3) is 7.93. The van der Waals surface area contributed by atoms with E-state index in [-0.39, 0.29) is 12.1 Å². The van der Waals surface area contributed by atoms with Crippen LogP contribution < -0.4 is 10.6 Å². The molecule has 0 fully saturated rings. The molecule has 1 rings (SSSR count). The predicted octanol–water partition coefficient (Wildman–Crippen LogP) is 2.75. The molecule has 130 valence electrons. The summed E-state index contributed by atoms with van der Waals surface area (Å²) in [7, 11) is 2.09. The Morgan fingerprint density at radius 1 is 1.17 bits per heavy atom. The fraction of sp³-hybridized carbons (Fsp3) is 0.588. The topological polar surface area (TPSA) is 39.7 Å². The van der Waals surface area contributed by atoms with Crippen molar-refractivity contribution in [1.82, 2.24) is 15.5 Å². The minimum Gasteiger partial charge on any atom is -0.357 e. The lowest BCUT2D eigenvalue weighted by molar-refractivity contribution is 0.332. The van der Waals surface area contributed by atoms with Crippen LogP contribution in [0.5, 0.6) is 0 Å². The van der Waals surface area contributed by atoms with Crippen molar-refractivity contribution in [2.24, 2.45) is 4.99 Å². The summed E-state index contributed by atoms with van der Waals surface area (Å²) in [6.07, 6.45) is 2.37. The minimum absolute atomic E-state index is 0.102. The largest absolute Gasteiger partial charge is 0.357 e. The van der Waals surface area contributed by atoms with Crippen molar-refractivity contribution in [3.63, 3.8) is 0 Å². The molecule has 0 atom stereocenters. The molecule has 1 aromatic carbocycles. The van der Waals surface area contributed by atoms with E-state index in [1.807, 2.05) is 6.92 Å². The van der Waals surface area contributed by atoms with Gasteiger partial charge in [0.25, 0.3) is 0 Å². The Labute approximate surface area is 138 Å². The van der Waals surface area contributed by atoms with Gasteiger partial charge < -0.3 is 15.5 Å². The summed E-state index contributed by atoms with van der Waals surface area (Å²) >= 11 is 0. The van der Waals surface area contributed by atoms with Crippen molar-refractivity contribution in [1.29, 1.82) is 0 Å². The number of nitrogens with one attached hydrogen (secondary N) is 2. The van der Waals surface area contributed by atoms with Crippen LogP contribution in [0.25, 0.3) is 0 Å². The van der Waals surface area contributed by atoms with Crippen molar-refractivity contribution >= 4 is 5.96 Å². The summed E-state index contributed by atoms with van der Waals surface area (Å²) < 4.78 is 26.8. The molecule has 1 aromatic rings. The number of halogens is 2. The zero-order valence-corrected chi connectivity index (χ0v) is 14.3. The van der Waals surface area contributed by atoms with Gasteiger partial charge in [-0.05, 0) is 45.1 Å². The second-order valence-electron chi connectivity index (χ2n) is 5.51. The average Bonchev–Trinajstić information content (AvgIpc) is 2.53. The zero-order chi connectivity index (χ0) is 17.1. The Kier molecular flexibility index (Phi) is 9.21. The maximum absolute atomic E-state index is 13.6. The fourth-order valence-electron chi connectivity index (χ4n) is 2.08. The normalized spacial score (nSPS) is 11.8. The van der Waals surface area contributed by atoms with Crippen LogP contribution in [0.4, 0.5) is 8.78 Å². The number of hydrogen-bond donors (Lipinski definition) is 2. The second kappa shape index (κ2) is 10.9. The van der Waals surface area contributed by atoms with Gasteiger partial charge in [-0.25, -0.2) is 13.8 Å². The minimum atomic E-state index is -0.452. The first kappa shape index (κ1) is 19.4. The van der Waals surface area contributed by atoms with Gasteiger partial charge in [0, 0.05) is 25.2 Å². The van der Waals surface area contributed by atoms with Crippen LogP contribution in [0.2, 0.25) is 0 Å². The number of nitrogens with zero attached hydrogens (tertiary/aromatic N) is 2. The summed E-state index contributed by atoms with van der Waals surface area (Å²) in [6, 6.07) is 3.42. The van der Waals surface area contributed by atoms with E-state index < -0.39 is 11.6 Å². The molecular formula is C17H28F2N4. The molecule has 0 aromatic heterocycles. The van der Waals surface area contributed by atoms with E-state index in [0.29, 0.717) is 12.5 Å². The summed E-state index contributed by atoms with van der Waals surface area (Å²) in [5.74, 6) is -0.280. The molecule has 0 aliphatic rings. The van der Waals surface area contributed by atoms with Crippen LogP contribution in [0.1, 0.15) is 32.3 Å². The lowest BCUT2D eigenvalue weighted by atomic mass is 10.2. The van der Waals surface area contributed by atoms with Crippen molar-refractivity contribution in [2.75, 3.05) is 33.2 Å². The molecule has 0 radical (unpaired) electrons. The van der Waals surface area contributed by atoms with Crippen LogP contribution in [0.3, 0.4) is 0 Å². The van der Waals surface area contributed by atoms with Gasteiger partial charge in [-0.3, -0.25) is 0 Å². The molecule has 23 heavy (non-hydrogen) atoms. The molecule has 0 saturated heterocycles. The summed E-state index contributed by atoms with van der Waals surface area (Å²) in [5.41, 5.74) is 0.252. The summed E-state index contributed by atoms with van der Waals surface area (Å²) in [4.78, 5) is 6.57. The van der Waals surface area contributed by atoms with E-state index in [2.05, 4.69) is 34.5 Å². The van der Waals surface area contributed by atoms with Gasteiger partial charge in [0.15, 0.2) is 5.96 Å². The van der Waals surface area contributed by atoms with Crippen molar-refractivity contribution in [3.05, 3.63) is 35.4 Å². The lowest BCUT2D eigenvalue weighted by Gasteiger charge is -2.18. The first-order valence-corrected chi connectivity index (χ1v) is 8.21. The Bertz CT molecular complexity index is 491. The van der Waals surface area contributed by atoms with E-state index in [1.54, 1.807) is 0 Å². The molecule has 6 heteroatoms. The molecule has 2 N–H and O–H groups in total. The Morgan fingerprint density at radius 2 is 1.96 bits per heavy atom. The summed E-state index contributed by atoms with van der Waals surface area (Å²) in [6.45, 7) is 7.67. The van der Waals surface area contributed by atoms with Crippen LogP contribution in [-0.2, 0) is 6.54 Å². The van der Waals surface area contributed by atoms with E-state index in [1.165, 1.54) is 18.9 Å². The highest BCUT2D eigenvalue weighted by molar-refractivity contribution is 5.79. The standard InChI is InChI=1S/C17H28F2N4/c1-4-6-10-23(3)11-9-21-17(20-5-2)22-13-14-12-15(18)7-8-16(14)19/h7-8,12H,4-6,9-11,13H2,1-3H3,(H2,20,21,22). The Hall–Kier alpha value is -1.69. The second-order valence-corrected chi connectivity index (χ2v) is 5.51. The third-order valence-electron chi connectivity index (χ3n) is 3.44. The Morgan fingerprint density at radius 3 is 2.65 bits per heavy atom. The summed E-state index contributed by atoms with van der Waals surface area (Å²) in [5, 5.41) is 6.32. The molecular weight excluding hydrogens is 298 g/mol. The van der Waals surface area contributed by atoms with Crippen LogP contribution in [-0.4, -0.2) is 44.1 Å². The average molecular weight is 326 g/mol. The highest BCUT2D eigenvalue weighted by Gasteiger charge is 2.04. The van der Waals surface area contributed by atoms with E-state index in [0.717, 1.165) is 31.8 Å².